The highest BCUT2D eigenvalue weighted by Gasteiger charge is 2.41. The SMILES string of the molecule is COc1cccc2c1C(=O)c1c(O)c3c(c(O)c1C2=O)CC(C(=O)CN1CCCNCC1)CC3. The van der Waals surface area contributed by atoms with Crippen LogP contribution in [-0.4, -0.2) is 72.3 Å². The Bertz CT molecular complexity index is 1200. The number of phenols is 2. The molecule has 1 aliphatic heterocycles. The number of methoxy groups -OCH3 is 1. The molecule has 0 aromatic heterocycles. The summed E-state index contributed by atoms with van der Waals surface area (Å²) in [5.41, 5.74) is 0.691. The fourth-order valence-corrected chi connectivity index (χ4v) is 5.49. The molecule has 0 radical (unpaired) electrons. The molecular formula is C26H28N2O6. The molecule has 2 aromatic rings. The number of rotatable bonds is 4. The summed E-state index contributed by atoms with van der Waals surface area (Å²) in [6.07, 6.45) is 2.09. The molecule has 1 heterocycles. The van der Waals surface area contributed by atoms with E-state index in [1.807, 2.05) is 0 Å². The predicted molar refractivity (Wildman–Crippen MR) is 124 cm³/mol. The van der Waals surface area contributed by atoms with E-state index in [0.717, 1.165) is 32.6 Å². The fraction of sp³-hybridized carbons (Fsp3) is 0.423. The van der Waals surface area contributed by atoms with Gasteiger partial charge in [0.25, 0.3) is 0 Å². The molecule has 178 valence electrons. The van der Waals surface area contributed by atoms with Gasteiger partial charge in [-0.05, 0) is 44.8 Å². The number of benzene rings is 2. The van der Waals surface area contributed by atoms with Crippen molar-refractivity contribution >= 4 is 17.3 Å². The summed E-state index contributed by atoms with van der Waals surface area (Å²) in [6, 6.07) is 4.70. The lowest BCUT2D eigenvalue weighted by Gasteiger charge is -2.30. The molecule has 1 fully saturated rings. The lowest BCUT2D eigenvalue weighted by molar-refractivity contribution is -0.124. The second-order valence-corrected chi connectivity index (χ2v) is 9.23. The van der Waals surface area contributed by atoms with Gasteiger partial charge >= 0.3 is 0 Å². The van der Waals surface area contributed by atoms with Crippen molar-refractivity contribution in [3.63, 3.8) is 0 Å². The fourth-order valence-electron chi connectivity index (χ4n) is 5.49. The number of carbonyl (C=O) groups is 3. The average molecular weight is 465 g/mol. The van der Waals surface area contributed by atoms with Gasteiger partial charge in [-0.25, -0.2) is 0 Å². The van der Waals surface area contributed by atoms with Crippen molar-refractivity contribution in [3.05, 3.63) is 51.6 Å². The summed E-state index contributed by atoms with van der Waals surface area (Å²) in [6.45, 7) is 3.82. The Balaban J connectivity index is 1.49. The molecule has 2 aromatic carbocycles. The van der Waals surface area contributed by atoms with E-state index in [9.17, 15) is 24.6 Å². The van der Waals surface area contributed by atoms with E-state index in [1.54, 1.807) is 12.1 Å². The molecular weight excluding hydrogens is 436 g/mol. The number of phenolic OH excluding ortho intramolecular Hbond substituents is 2. The van der Waals surface area contributed by atoms with Crippen molar-refractivity contribution in [2.24, 2.45) is 5.92 Å². The minimum Gasteiger partial charge on any atom is -0.507 e. The standard InChI is InChI=1S/C26H28N2O6/c1-34-19-5-2-4-16-20(19)26(33)22-21(24(16)31)25(32)17-12-14(6-7-15(17)23(22)30)18(29)13-28-10-3-8-27-9-11-28/h2,4-5,14,27,30,32H,3,6-13H2,1H3. The van der Waals surface area contributed by atoms with Crippen LogP contribution in [0.1, 0.15) is 55.8 Å². The minimum atomic E-state index is -0.550. The van der Waals surface area contributed by atoms with Gasteiger partial charge in [-0.15, -0.1) is 0 Å². The van der Waals surface area contributed by atoms with Crippen molar-refractivity contribution < 1.29 is 29.3 Å². The first-order chi connectivity index (χ1) is 16.4. The maximum atomic E-state index is 13.3. The Labute approximate surface area is 197 Å². The second kappa shape index (κ2) is 8.85. The summed E-state index contributed by atoms with van der Waals surface area (Å²) < 4.78 is 5.28. The number of ether oxygens (including phenoxy) is 1. The molecule has 34 heavy (non-hydrogen) atoms. The molecule has 0 saturated carbocycles. The summed E-state index contributed by atoms with van der Waals surface area (Å²) in [7, 11) is 1.41. The third kappa shape index (κ3) is 3.58. The molecule has 0 bridgehead atoms. The Morgan fingerprint density at radius 3 is 2.62 bits per heavy atom. The zero-order valence-electron chi connectivity index (χ0n) is 19.1. The number of nitrogens with one attached hydrogen (secondary N) is 1. The van der Waals surface area contributed by atoms with E-state index in [4.69, 9.17) is 4.74 Å². The Morgan fingerprint density at radius 2 is 1.82 bits per heavy atom. The van der Waals surface area contributed by atoms with Crippen LogP contribution >= 0.6 is 0 Å². The first-order valence-corrected chi connectivity index (χ1v) is 11.7. The van der Waals surface area contributed by atoms with E-state index < -0.39 is 11.6 Å². The lowest BCUT2D eigenvalue weighted by atomic mass is 9.74. The van der Waals surface area contributed by atoms with Crippen molar-refractivity contribution in [1.82, 2.24) is 10.2 Å². The van der Waals surface area contributed by atoms with E-state index in [0.29, 0.717) is 30.5 Å². The van der Waals surface area contributed by atoms with Gasteiger partial charge in [-0.3, -0.25) is 19.3 Å². The van der Waals surface area contributed by atoms with Crippen LogP contribution in [0.3, 0.4) is 0 Å². The summed E-state index contributed by atoms with van der Waals surface area (Å²) in [4.78, 5) is 41.9. The molecule has 3 aliphatic rings. The van der Waals surface area contributed by atoms with Crippen molar-refractivity contribution in [2.45, 2.75) is 25.7 Å². The van der Waals surface area contributed by atoms with Crippen LogP contribution in [0.5, 0.6) is 17.2 Å². The van der Waals surface area contributed by atoms with Crippen LogP contribution in [0.25, 0.3) is 0 Å². The van der Waals surface area contributed by atoms with Gasteiger partial charge in [-0.2, -0.15) is 0 Å². The van der Waals surface area contributed by atoms with Crippen LogP contribution < -0.4 is 10.1 Å². The third-order valence-electron chi connectivity index (χ3n) is 7.29. The molecule has 1 atom stereocenters. The highest BCUT2D eigenvalue weighted by Crippen LogP contribution is 2.47. The van der Waals surface area contributed by atoms with Crippen LogP contribution in [0.15, 0.2) is 18.2 Å². The largest absolute Gasteiger partial charge is 0.507 e. The molecule has 2 aliphatic carbocycles. The average Bonchev–Trinajstić information content (AvgIpc) is 3.12. The molecule has 1 unspecified atom stereocenters. The summed E-state index contributed by atoms with van der Waals surface area (Å²) in [5.74, 6) is -1.63. The van der Waals surface area contributed by atoms with Crippen molar-refractivity contribution in [3.8, 4) is 17.2 Å². The quantitative estimate of drug-likeness (QED) is 0.501. The van der Waals surface area contributed by atoms with Gasteiger partial charge < -0.3 is 20.3 Å². The number of hydrogen-bond donors (Lipinski definition) is 3. The van der Waals surface area contributed by atoms with Gasteiger partial charge in [0.2, 0.25) is 5.78 Å². The van der Waals surface area contributed by atoms with Gasteiger partial charge in [-0.1, -0.05) is 12.1 Å². The normalized spacial score (nSPS) is 20.2. The maximum absolute atomic E-state index is 13.3. The number of nitrogens with zero attached hydrogens (tertiary/aromatic N) is 1. The monoisotopic (exact) mass is 464 g/mol. The van der Waals surface area contributed by atoms with Crippen molar-refractivity contribution in [1.29, 1.82) is 0 Å². The van der Waals surface area contributed by atoms with Crippen LogP contribution in [0.4, 0.5) is 0 Å². The topological polar surface area (TPSA) is 116 Å². The summed E-state index contributed by atoms with van der Waals surface area (Å²) in [5, 5.41) is 25.6. The zero-order valence-corrected chi connectivity index (χ0v) is 19.1. The van der Waals surface area contributed by atoms with Gasteiger partial charge in [0.15, 0.2) is 5.78 Å². The zero-order chi connectivity index (χ0) is 24.0. The van der Waals surface area contributed by atoms with E-state index in [-0.39, 0.29) is 57.6 Å². The number of Topliss-reactive ketones (excluding diaryl/α,β-unsaturated/α-hetero) is 1. The predicted octanol–water partition coefficient (Wildman–Crippen LogP) is 1.85. The number of aromatic hydroxyl groups is 2. The Kier molecular flexibility index (Phi) is 5.87. The Morgan fingerprint density at radius 1 is 1.06 bits per heavy atom. The van der Waals surface area contributed by atoms with E-state index in [2.05, 4.69) is 10.2 Å². The number of fused-ring (bicyclic) bond motifs is 3. The first kappa shape index (κ1) is 22.6. The molecule has 8 heteroatoms. The van der Waals surface area contributed by atoms with Crippen LogP contribution in [0, 0.1) is 5.92 Å². The number of hydrogen-bond acceptors (Lipinski definition) is 8. The lowest BCUT2D eigenvalue weighted by Crippen LogP contribution is -2.37. The van der Waals surface area contributed by atoms with E-state index >= 15 is 0 Å². The summed E-state index contributed by atoms with van der Waals surface area (Å²) >= 11 is 0. The van der Waals surface area contributed by atoms with Crippen LogP contribution in [0.2, 0.25) is 0 Å². The number of carbonyl (C=O) groups excluding carboxylic acids is 3. The maximum Gasteiger partial charge on any atom is 0.202 e. The Hall–Kier alpha value is -3.23. The molecule has 5 rings (SSSR count). The molecule has 0 amide bonds. The molecule has 0 spiro atoms. The van der Waals surface area contributed by atoms with E-state index in [1.165, 1.54) is 13.2 Å². The minimum absolute atomic E-state index is 0.0907. The van der Waals surface area contributed by atoms with Crippen LogP contribution in [-0.2, 0) is 17.6 Å². The highest BCUT2D eigenvalue weighted by atomic mass is 16.5. The second-order valence-electron chi connectivity index (χ2n) is 9.23. The molecule has 1 saturated heterocycles. The van der Waals surface area contributed by atoms with Gasteiger partial charge in [0, 0.05) is 35.7 Å². The third-order valence-corrected chi connectivity index (χ3v) is 7.29. The number of ketones is 3. The molecule has 8 nitrogen and oxygen atoms in total. The van der Waals surface area contributed by atoms with Gasteiger partial charge in [0.1, 0.15) is 23.0 Å². The highest BCUT2D eigenvalue weighted by molar-refractivity contribution is 6.31. The van der Waals surface area contributed by atoms with Gasteiger partial charge in [0.05, 0.1) is 30.3 Å². The smallest absolute Gasteiger partial charge is 0.202 e. The molecule has 3 N–H and O–H groups in total. The first-order valence-electron chi connectivity index (χ1n) is 11.7. The van der Waals surface area contributed by atoms with Crippen molar-refractivity contribution in [2.75, 3.05) is 39.8 Å².